The molecule has 0 saturated carbocycles. The smallest absolute Gasteiger partial charge is 0.408 e. The van der Waals surface area contributed by atoms with E-state index in [0.717, 1.165) is 48.8 Å². The molecule has 0 radical (unpaired) electrons. The topological polar surface area (TPSA) is 87.7 Å². The van der Waals surface area contributed by atoms with Crippen molar-refractivity contribution in [2.45, 2.75) is 105 Å². The SMILES string of the molecule is CCCCCCCN(C(=O)C(NC(=O)OC(C)(C)C)C(C)C)C(C(=O)Nc1c(C)cccc1Cl)c1ccccc1C. The van der Waals surface area contributed by atoms with E-state index in [-0.39, 0.29) is 17.7 Å². The Labute approximate surface area is 251 Å². The highest BCUT2D eigenvalue weighted by Crippen LogP contribution is 2.31. The average molecular weight is 586 g/mol. The third kappa shape index (κ3) is 10.4. The summed E-state index contributed by atoms with van der Waals surface area (Å²) in [5.74, 6) is -0.943. The number of carbonyl (C=O) groups is 3. The standard InChI is InChI=1S/C33H48ClN3O4/c1-9-10-11-12-15-21-37(31(39)27(22(2)3)36-32(40)41-33(6,7)8)29(25-19-14-13-17-23(25)4)30(38)35-28-24(5)18-16-20-26(28)34/h13-14,16-20,22,27,29H,9-12,15,21H2,1-8H3,(H,35,38)(H,36,40). The van der Waals surface area contributed by atoms with Gasteiger partial charge >= 0.3 is 6.09 Å². The van der Waals surface area contributed by atoms with Crippen molar-refractivity contribution in [3.63, 3.8) is 0 Å². The van der Waals surface area contributed by atoms with Gasteiger partial charge in [-0.3, -0.25) is 9.59 Å². The first-order chi connectivity index (χ1) is 19.3. The first-order valence-electron chi connectivity index (χ1n) is 14.7. The molecule has 2 aromatic carbocycles. The van der Waals surface area contributed by atoms with E-state index in [1.807, 2.05) is 64.1 Å². The lowest BCUT2D eigenvalue weighted by atomic mass is 9.95. The summed E-state index contributed by atoms with van der Waals surface area (Å²) in [7, 11) is 0. The van der Waals surface area contributed by atoms with Crippen molar-refractivity contribution in [1.82, 2.24) is 10.2 Å². The summed E-state index contributed by atoms with van der Waals surface area (Å²) in [6.45, 7) is 15.4. The highest BCUT2D eigenvalue weighted by atomic mass is 35.5. The van der Waals surface area contributed by atoms with Crippen molar-refractivity contribution >= 4 is 35.2 Å². The second-order valence-corrected chi connectivity index (χ2v) is 12.4. The fourth-order valence-electron chi connectivity index (χ4n) is 4.71. The second-order valence-electron chi connectivity index (χ2n) is 12.0. The van der Waals surface area contributed by atoms with Gasteiger partial charge in [0.25, 0.3) is 5.91 Å². The first-order valence-corrected chi connectivity index (χ1v) is 15.1. The number of para-hydroxylation sites is 1. The van der Waals surface area contributed by atoms with Crippen LogP contribution in [-0.2, 0) is 14.3 Å². The fraction of sp³-hybridized carbons (Fsp3) is 0.545. The molecule has 2 N–H and O–H groups in total. The maximum atomic E-state index is 14.4. The van der Waals surface area contributed by atoms with Crippen molar-refractivity contribution in [2.24, 2.45) is 5.92 Å². The molecule has 0 fully saturated rings. The predicted molar refractivity (Wildman–Crippen MR) is 167 cm³/mol. The molecule has 0 aliphatic heterocycles. The summed E-state index contributed by atoms with van der Waals surface area (Å²) in [6.07, 6.45) is 4.23. The van der Waals surface area contributed by atoms with Gasteiger partial charge in [-0.15, -0.1) is 0 Å². The highest BCUT2D eigenvalue weighted by molar-refractivity contribution is 6.34. The van der Waals surface area contributed by atoms with Crippen LogP contribution in [0.4, 0.5) is 10.5 Å². The van der Waals surface area contributed by atoms with Crippen LogP contribution in [0.3, 0.4) is 0 Å². The average Bonchev–Trinajstić information content (AvgIpc) is 2.88. The molecule has 0 bridgehead atoms. The van der Waals surface area contributed by atoms with Crippen LogP contribution in [0.1, 0.15) is 96.4 Å². The Morgan fingerprint density at radius 2 is 1.56 bits per heavy atom. The van der Waals surface area contributed by atoms with Gasteiger partial charge in [0.15, 0.2) is 0 Å². The number of halogens is 1. The van der Waals surface area contributed by atoms with Crippen LogP contribution in [0, 0.1) is 19.8 Å². The number of ether oxygens (including phenoxy) is 1. The maximum Gasteiger partial charge on any atom is 0.408 e. The van der Waals surface area contributed by atoms with E-state index in [4.69, 9.17) is 16.3 Å². The normalized spacial score (nSPS) is 12.9. The number of nitrogens with zero attached hydrogens (tertiary/aromatic N) is 1. The molecule has 41 heavy (non-hydrogen) atoms. The predicted octanol–water partition coefficient (Wildman–Crippen LogP) is 7.98. The van der Waals surface area contributed by atoms with E-state index in [2.05, 4.69) is 17.6 Å². The van der Waals surface area contributed by atoms with Gasteiger partial charge in [-0.25, -0.2) is 4.79 Å². The first kappa shape index (κ1) is 34.1. The number of anilines is 1. The van der Waals surface area contributed by atoms with Gasteiger partial charge in [0.05, 0.1) is 10.7 Å². The van der Waals surface area contributed by atoms with Crippen LogP contribution in [0.25, 0.3) is 0 Å². The minimum atomic E-state index is -0.938. The molecule has 226 valence electrons. The number of alkyl carbamates (subject to hydrolysis) is 1. The molecule has 2 atom stereocenters. The number of aryl methyl sites for hydroxylation is 2. The molecule has 2 unspecified atom stereocenters. The molecule has 0 saturated heterocycles. The lowest BCUT2D eigenvalue weighted by molar-refractivity contribution is -0.141. The van der Waals surface area contributed by atoms with E-state index >= 15 is 0 Å². The Hall–Kier alpha value is -3.06. The number of rotatable bonds is 13. The molecule has 0 aliphatic rings. The van der Waals surface area contributed by atoms with Crippen molar-refractivity contribution in [3.8, 4) is 0 Å². The molecule has 0 aliphatic carbocycles. The largest absolute Gasteiger partial charge is 0.444 e. The third-order valence-electron chi connectivity index (χ3n) is 6.90. The Kier molecular flexibility index (Phi) is 13.2. The van der Waals surface area contributed by atoms with E-state index in [1.54, 1.807) is 31.7 Å². The molecular weight excluding hydrogens is 538 g/mol. The van der Waals surface area contributed by atoms with Crippen molar-refractivity contribution in [3.05, 3.63) is 64.2 Å². The van der Waals surface area contributed by atoms with Gasteiger partial charge in [0.2, 0.25) is 5.91 Å². The summed E-state index contributed by atoms with van der Waals surface area (Å²) < 4.78 is 5.48. The summed E-state index contributed by atoms with van der Waals surface area (Å²) in [6, 6.07) is 11.2. The number of hydrogen-bond acceptors (Lipinski definition) is 4. The van der Waals surface area contributed by atoms with Crippen LogP contribution >= 0.6 is 11.6 Å². The fourth-order valence-corrected chi connectivity index (χ4v) is 4.97. The summed E-state index contributed by atoms with van der Waals surface area (Å²) in [5.41, 5.74) is 2.22. The van der Waals surface area contributed by atoms with Crippen LogP contribution in [0.5, 0.6) is 0 Å². The maximum absolute atomic E-state index is 14.4. The molecule has 0 spiro atoms. The number of nitrogens with one attached hydrogen (secondary N) is 2. The number of hydrogen-bond donors (Lipinski definition) is 2. The van der Waals surface area contributed by atoms with Gasteiger partial charge < -0.3 is 20.3 Å². The van der Waals surface area contributed by atoms with Gasteiger partial charge in [-0.1, -0.05) is 94.5 Å². The molecule has 2 aromatic rings. The molecular formula is C33H48ClN3O4. The lowest BCUT2D eigenvalue weighted by Gasteiger charge is -2.36. The van der Waals surface area contributed by atoms with E-state index in [0.29, 0.717) is 17.3 Å². The minimum Gasteiger partial charge on any atom is -0.444 e. The van der Waals surface area contributed by atoms with Crippen molar-refractivity contribution in [2.75, 3.05) is 11.9 Å². The number of unbranched alkanes of at least 4 members (excludes halogenated alkanes) is 4. The van der Waals surface area contributed by atoms with Crippen molar-refractivity contribution < 1.29 is 19.1 Å². The summed E-state index contributed by atoms with van der Waals surface area (Å²) in [5, 5.41) is 6.22. The zero-order chi connectivity index (χ0) is 30.7. The Bertz CT molecular complexity index is 1160. The summed E-state index contributed by atoms with van der Waals surface area (Å²) in [4.78, 5) is 43.0. The molecule has 0 aromatic heterocycles. The monoisotopic (exact) mass is 585 g/mol. The van der Waals surface area contributed by atoms with Crippen LogP contribution < -0.4 is 10.6 Å². The van der Waals surface area contributed by atoms with Crippen molar-refractivity contribution in [1.29, 1.82) is 0 Å². The van der Waals surface area contributed by atoms with Crippen LogP contribution in [0.2, 0.25) is 5.02 Å². The number of amides is 3. The molecule has 3 amide bonds. The van der Waals surface area contributed by atoms with E-state index in [9.17, 15) is 14.4 Å². The quantitative estimate of drug-likeness (QED) is 0.233. The Balaban J connectivity index is 2.57. The van der Waals surface area contributed by atoms with E-state index in [1.165, 1.54) is 0 Å². The Morgan fingerprint density at radius 3 is 2.15 bits per heavy atom. The lowest BCUT2D eigenvalue weighted by Crippen LogP contribution is -2.54. The number of benzene rings is 2. The summed E-state index contributed by atoms with van der Waals surface area (Å²) >= 11 is 6.48. The molecule has 2 rings (SSSR count). The molecule has 7 nitrogen and oxygen atoms in total. The van der Waals surface area contributed by atoms with Crippen LogP contribution in [0.15, 0.2) is 42.5 Å². The van der Waals surface area contributed by atoms with Gasteiger partial charge in [0.1, 0.15) is 17.7 Å². The van der Waals surface area contributed by atoms with Crippen LogP contribution in [-0.4, -0.2) is 41.0 Å². The number of carbonyl (C=O) groups excluding carboxylic acids is 3. The van der Waals surface area contributed by atoms with E-state index < -0.39 is 23.8 Å². The van der Waals surface area contributed by atoms with Gasteiger partial charge in [0, 0.05) is 6.54 Å². The minimum absolute atomic E-state index is 0.246. The molecule has 8 heteroatoms. The zero-order valence-electron chi connectivity index (χ0n) is 26.0. The second kappa shape index (κ2) is 15.8. The highest BCUT2D eigenvalue weighted by Gasteiger charge is 2.38. The zero-order valence-corrected chi connectivity index (χ0v) is 26.7. The van der Waals surface area contributed by atoms with Gasteiger partial charge in [-0.2, -0.15) is 0 Å². The van der Waals surface area contributed by atoms with Gasteiger partial charge in [-0.05, 0) is 69.7 Å². The Morgan fingerprint density at radius 1 is 0.927 bits per heavy atom. The third-order valence-corrected chi connectivity index (χ3v) is 7.22. The molecule has 0 heterocycles.